The van der Waals surface area contributed by atoms with E-state index < -0.39 is 26.6 Å². The number of piperazine rings is 1. The van der Waals surface area contributed by atoms with E-state index in [0.29, 0.717) is 0 Å². The maximum atomic E-state index is 13.8. The molecule has 1 fully saturated rings. The Labute approximate surface area is 144 Å². The van der Waals surface area contributed by atoms with Crippen LogP contribution < -0.4 is 5.32 Å². The first-order valence-corrected chi connectivity index (χ1v) is 9.10. The quantitative estimate of drug-likeness (QED) is 0.725. The minimum Gasteiger partial charge on any atom is -0.354 e. The van der Waals surface area contributed by atoms with Crippen LogP contribution in [0.2, 0.25) is 0 Å². The van der Waals surface area contributed by atoms with Crippen LogP contribution in [0.4, 0.5) is 8.78 Å². The number of carbonyl (C=O) groups excluding carboxylic acids is 1. The number of sulfonamides is 1. The number of hydrogen-bond donors (Lipinski definition) is 1. The molecule has 0 bridgehead atoms. The first-order valence-electron chi connectivity index (χ1n) is 7.66. The van der Waals surface area contributed by atoms with Crippen molar-refractivity contribution in [3.05, 3.63) is 29.8 Å². The van der Waals surface area contributed by atoms with Crippen molar-refractivity contribution in [2.75, 3.05) is 39.3 Å². The predicted octanol–water partition coefficient (Wildman–Crippen LogP) is 0.301. The summed E-state index contributed by atoms with van der Waals surface area (Å²) in [6.45, 7) is 0.925. The molecule has 7 nitrogen and oxygen atoms in total. The topological polar surface area (TPSA) is 93.5 Å². The Morgan fingerprint density at radius 1 is 1.20 bits per heavy atom. The van der Waals surface area contributed by atoms with Gasteiger partial charge in [0.1, 0.15) is 11.6 Å². The van der Waals surface area contributed by atoms with E-state index in [0.717, 1.165) is 22.5 Å². The second kappa shape index (κ2) is 8.33. The van der Waals surface area contributed by atoms with Gasteiger partial charge in [-0.15, -0.1) is 0 Å². The van der Waals surface area contributed by atoms with Gasteiger partial charge in [-0.25, -0.2) is 17.2 Å². The summed E-state index contributed by atoms with van der Waals surface area (Å²) in [5.41, 5.74) is 0. The molecular weight excluding hydrogens is 354 g/mol. The van der Waals surface area contributed by atoms with Gasteiger partial charge in [-0.3, -0.25) is 9.69 Å². The summed E-state index contributed by atoms with van der Waals surface area (Å²) in [5, 5.41) is 11.0. The second-order valence-electron chi connectivity index (χ2n) is 5.49. The van der Waals surface area contributed by atoms with Crippen LogP contribution in [0.15, 0.2) is 23.1 Å². The number of rotatable bonds is 6. The van der Waals surface area contributed by atoms with E-state index in [9.17, 15) is 22.0 Å². The van der Waals surface area contributed by atoms with Crippen molar-refractivity contribution in [1.29, 1.82) is 5.26 Å². The highest BCUT2D eigenvalue weighted by atomic mass is 32.2. The molecule has 0 spiro atoms. The second-order valence-corrected chi connectivity index (χ2v) is 7.36. The van der Waals surface area contributed by atoms with E-state index in [1.165, 1.54) is 0 Å². The molecule has 0 aromatic heterocycles. The fourth-order valence-electron chi connectivity index (χ4n) is 2.50. The lowest BCUT2D eigenvalue weighted by Crippen LogP contribution is -2.51. The van der Waals surface area contributed by atoms with Crippen molar-refractivity contribution in [3.63, 3.8) is 0 Å². The Hall–Kier alpha value is -2.09. The molecule has 1 saturated heterocycles. The largest absolute Gasteiger partial charge is 0.354 e. The standard InChI is InChI=1S/C15H18F2N4O3S/c16-12-3-1-4-13(17)15(12)25(23,24)21-9-7-20(8-10-21)11-14(22)19-6-2-5-18/h1,3-4H,2,6-11H2,(H,19,22). The van der Waals surface area contributed by atoms with E-state index in [1.54, 1.807) is 4.90 Å². The van der Waals surface area contributed by atoms with Gasteiger partial charge in [0, 0.05) is 32.7 Å². The van der Waals surface area contributed by atoms with E-state index in [2.05, 4.69) is 5.32 Å². The molecule has 1 aromatic rings. The fourth-order valence-corrected chi connectivity index (χ4v) is 4.03. The average molecular weight is 372 g/mol. The van der Waals surface area contributed by atoms with Crippen molar-refractivity contribution in [3.8, 4) is 6.07 Å². The van der Waals surface area contributed by atoms with Gasteiger partial charge in [0.15, 0.2) is 4.90 Å². The van der Waals surface area contributed by atoms with Gasteiger partial charge in [0.05, 0.1) is 19.0 Å². The summed E-state index contributed by atoms with van der Waals surface area (Å²) in [7, 11) is -4.27. The lowest BCUT2D eigenvalue weighted by atomic mass is 10.3. The molecule has 1 amide bonds. The summed E-state index contributed by atoms with van der Waals surface area (Å²) < 4.78 is 53.4. The molecule has 1 N–H and O–H groups in total. The number of amides is 1. The van der Waals surface area contributed by atoms with Gasteiger partial charge < -0.3 is 5.32 Å². The van der Waals surface area contributed by atoms with Crippen LogP contribution in [0.25, 0.3) is 0 Å². The van der Waals surface area contributed by atoms with Crippen LogP contribution in [-0.2, 0) is 14.8 Å². The zero-order valence-electron chi connectivity index (χ0n) is 13.4. The van der Waals surface area contributed by atoms with Crippen LogP contribution in [0, 0.1) is 23.0 Å². The molecule has 25 heavy (non-hydrogen) atoms. The van der Waals surface area contributed by atoms with Crippen molar-refractivity contribution in [2.45, 2.75) is 11.3 Å². The number of nitrogens with zero attached hydrogens (tertiary/aromatic N) is 3. The van der Waals surface area contributed by atoms with E-state index in [1.807, 2.05) is 6.07 Å². The van der Waals surface area contributed by atoms with E-state index >= 15 is 0 Å². The molecule has 0 saturated carbocycles. The number of halogens is 2. The van der Waals surface area contributed by atoms with Crippen LogP contribution in [-0.4, -0.2) is 62.8 Å². The van der Waals surface area contributed by atoms with Gasteiger partial charge in [-0.05, 0) is 12.1 Å². The van der Waals surface area contributed by atoms with Gasteiger partial charge in [-0.2, -0.15) is 9.57 Å². The highest BCUT2D eigenvalue weighted by Gasteiger charge is 2.33. The summed E-state index contributed by atoms with van der Waals surface area (Å²) in [4.78, 5) is 12.5. The molecule has 1 aliphatic heterocycles. The smallest absolute Gasteiger partial charge is 0.249 e. The number of nitriles is 1. The molecule has 0 radical (unpaired) electrons. The molecule has 10 heteroatoms. The summed E-state index contributed by atoms with van der Waals surface area (Å²) >= 11 is 0. The lowest BCUT2D eigenvalue weighted by Gasteiger charge is -2.33. The summed E-state index contributed by atoms with van der Waals surface area (Å²) in [6, 6.07) is 4.82. The normalized spacial score (nSPS) is 16.4. The molecule has 136 valence electrons. The minimum atomic E-state index is -4.27. The third-order valence-corrected chi connectivity index (χ3v) is 5.73. The fraction of sp³-hybridized carbons (Fsp3) is 0.467. The van der Waals surface area contributed by atoms with E-state index in [4.69, 9.17) is 5.26 Å². The predicted molar refractivity (Wildman–Crippen MR) is 84.8 cm³/mol. The van der Waals surface area contributed by atoms with Gasteiger partial charge >= 0.3 is 0 Å². The SMILES string of the molecule is N#CCCNC(=O)CN1CCN(S(=O)(=O)c2c(F)cccc2F)CC1. The third-order valence-electron chi connectivity index (χ3n) is 3.77. The Morgan fingerprint density at radius 2 is 1.80 bits per heavy atom. The maximum Gasteiger partial charge on any atom is 0.249 e. The first kappa shape index (κ1) is 19.2. The number of hydrogen-bond acceptors (Lipinski definition) is 5. The number of nitrogens with one attached hydrogen (secondary N) is 1. The number of carbonyl (C=O) groups is 1. The Kier molecular flexibility index (Phi) is 6.41. The zero-order valence-corrected chi connectivity index (χ0v) is 14.2. The van der Waals surface area contributed by atoms with Crippen molar-refractivity contribution >= 4 is 15.9 Å². The molecular formula is C15H18F2N4O3S. The lowest BCUT2D eigenvalue weighted by molar-refractivity contribution is -0.122. The van der Waals surface area contributed by atoms with Crippen molar-refractivity contribution in [2.24, 2.45) is 0 Å². The Bertz CT molecular complexity index is 751. The zero-order chi connectivity index (χ0) is 18.4. The highest BCUT2D eigenvalue weighted by molar-refractivity contribution is 7.89. The van der Waals surface area contributed by atoms with Crippen molar-refractivity contribution < 1.29 is 22.0 Å². The van der Waals surface area contributed by atoms with Crippen molar-refractivity contribution in [1.82, 2.24) is 14.5 Å². The molecule has 0 unspecified atom stereocenters. The Morgan fingerprint density at radius 3 is 2.36 bits per heavy atom. The molecule has 0 atom stereocenters. The highest BCUT2D eigenvalue weighted by Crippen LogP contribution is 2.23. The van der Waals surface area contributed by atoms with Crippen LogP contribution >= 0.6 is 0 Å². The molecule has 1 aromatic carbocycles. The number of benzene rings is 1. The molecule has 1 aliphatic rings. The van der Waals surface area contributed by atoms with Gasteiger partial charge in [-0.1, -0.05) is 6.07 Å². The Balaban J connectivity index is 1.95. The average Bonchev–Trinajstić information content (AvgIpc) is 2.55. The van der Waals surface area contributed by atoms with Crippen LogP contribution in [0.3, 0.4) is 0 Å². The van der Waals surface area contributed by atoms with Gasteiger partial charge in [0.25, 0.3) is 0 Å². The van der Waals surface area contributed by atoms with E-state index in [-0.39, 0.29) is 51.6 Å². The first-order chi connectivity index (χ1) is 11.9. The molecule has 2 rings (SSSR count). The monoisotopic (exact) mass is 372 g/mol. The van der Waals surface area contributed by atoms with Crippen LogP contribution in [0.5, 0.6) is 0 Å². The summed E-state index contributed by atoms with van der Waals surface area (Å²) in [6.07, 6.45) is 0.214. The van der Waals surface area contributed by atoms with Gasteiger partial charge in [0.2, 0.25) is 15.9 Å². The summed E-state index contributed by atoms with van der Waals surface area (Å²) in [5.74, 6) is -2.51. The molecule has 0 aliphatic carbocycles. The molecule has 1 heterocycles. The maximum absolute atomic E-state index is 13.8. The third kappa shape index (κ3) is 4.72. The minimum absolute atomic E-state index is 0.0293. The van der Waals surface area contributed by atoms with Crippen LogP contribution in [0.1, 0.15) is 6.42 Å².